The van der Waals surface area contributed by atoms with Crippen molar-refractivity contribution in [1.82, 2.24) is 15.5 Å². The van der Waals surface area contributed by atoms with E-state index in [1.807, 2.05) is 0 Å². The van der Waals surface area contributed by atoms with Gasteiger partial charge in [-0.25, -0.2) is 4.79 Å². The Morgan fingerprint density at radius 3 is 2.18 bits per heavy atom. The second-order valence-electron chi connectivity index (χ2n) is 10.3. The molecule has 0 radical (unpaired) electrons. The summed E-state index contributed by atoms with van der Waals surface area (Å²) in [6, 6.07) is 3.26. The van der Waals surface area contributed by atoms with Crippen LogP contribution in [0.3, 0.4) is 0 Å². The maximum Gasteiger partial charge on any atom is 0.408 e. The maximum atomic E-state index is 14.1. The summed E-state index contributed by atoms with van der Waals surface area (Å²) >= 11 is 0. The molecule has 0 aromatic heterocycles. The van der Waals surface area contributed by atoms with Crippen LogP contribution >= 0.6 is 0 Å². The predicted octanol–water partition coefficient (Wildman–Crippen LogP) is 1.90. The topological polar surface area (TPSA) is 177 Å². The van der Waals surface area contributed by atoms with E-state index >= 15 is 0 Å². The molecule has 2 atom stereocenters. The Balaban J connectivity index is 3.66. The first-order chi connectivity index (χ1) is 17.5. The highest BCUT2D eigenvalue weighted by molar-refractivity contribution is 5.94. The monoisotopic (exact) mass is 536 g/mol. The van der Waals surface area contributed by atoms with E-state index in [-0.39, 0.29) is 24.2 Å². The molecule has 0 aliphatic carbocycles. The van der Waals surface area contributed by atoms with E-state index in [1.165, 1.54) is 17.0 Å². The van der Waals surface area contributed by atoms with Gasteiger partial charge in [0, 0.05) is 17.5 Å². The number of hydrogen-bond acceptors (Lipinski definition) is 8. The van der Waals surface area contributed by atoms with Gasteiger partial charge in [-0.15, -0.1) is 0 Å². The number of aromatic hydroxyl groups is 1. The fourth-order valence-corrected chi connectivity index (χ4v) is 3.55. The van der Waals surface area contributed by atoms with Gasteiger partial charge < -0.3 is 35.8 Å². The number of methoxy groups -OCH3 is 1. The average molecular weight is 537 g/mol. The van der Waals surface area contributed by atoms with Crippen molar-refractivity contribution in [3.63, 3.8) is 0 Å². The molecule has 38 heavy (non-hydrogen) atoms. The number of hydrogen-bond donors (Lipinski definition) is 4. The molecule has 0 aliphatic rings. The summed E-state index contributed by atoms with van der Waals surface area (Å²) in [7, 11) is 1.16. The van der Waals surface area contributed by atoms with Crippen molar-refractivity contribution in [3.8, 4) is 5.75 Å². The van der Waals surface area contributed by atoms with Gasteiger partial charge in [-0.05, 0) is 53.5 Å². The first-order valence-corrected chi connectivity index (χ1v) is 12.3. The summed E-state index contributed by atoms with van der Waals surface area (Å²) in [5.41, 5.74) is 3.53. The molecular weight excluding hydrogens is 496 g/mol. The molecule has 12 heteroatoms. The number of nitrogens with zero attached hydrogens (tertiary/aromatic N) is 1. The number of phenols is 1. The Morgan fingerprint density at radius 1 is 1.08 bits per heavy atom. The highest BCUT2D eigenvalue weighted by Crippen LogP contribution is 2.36. The first kappa shape index (κ1) is 32.2. The van der Waals surface area contributed by atoms with E-state index in [0.29, 0.717) is 6.42 Å². The lowest BCUT2D eigenvalue weighted by Gasteiger charge is -2.44. The molecule has 0 heterocycles. The van der Waals surface area contributed by atoms with Crippen molar-refractivity contribution >= 4 is 29.8 Å². The number of amides is 4. The Labute approximate surface area is 223 Å². The number of nitrogens with one attached hydrogen (secondary N) is 2. The number of alkyl carbamates (subject to hydrolysis) is 1. The minimum Gasteiger partial charge on any atom is -0.508 e. The lowest BCUT2D eigenvalue weighted by molar-refractivity contribution is -0.150. The van der Waals surface area contributed by atoms with Crippen LogP contribution in [0.1, 0.15) is 72.4 Å². The van der Waals surface area contributed by atoms with Crippen LogP contribution in [0.2, 0.25) is 0 Å². The Bertz CT molecular complexity index is 1020. The molecule has 0 bridgehead atoms. The highest BCUT2D eigenvalue weighted by Gasteiger charge is 2.44. The van der Waals surface area contributed by atoms with Crippen LogP contribution < -0.4 is 16.4 Å². The van der Waals surface area contributed by atoms with Crippen molar-refractivity contribution in [1.29, 1.82) is 0 Å². The van der Waals surface area contributed by atoms with Gasteiger partial charge in [0.25, 0.3) is 0 Å². The lowest BCUT2D eigenvalue weighted by Crippen LogP contribution is -2.59. The van der Waals surface area contributed by atoms with Crippen molar-refractivity contribution in [2.75, 3.05) is 13.7 Å². The van der Waals surface area contributed by atoms with Crippen molar-refractivity contribution in [2.45, 2.75) is 84.0 Å². The molecule has 1 aromatic carbocycles. The predicted molar refractivity (Wildman–Crippen MR) is 139 cm³/mol. The number of nitrogens with two attached hydrogens (primary N) is 1. The number of benzene rings is 1. The molecule has 1 aromatic rings. The van der Waals surface area contributed by atoms with Crippen LogP contribution in [0.25, 0.3) is 0 Å². The number of esters is 1. The van der Waals surface area contributed by atoms with Gasteiger partial charge in [0.05, 0.1) is 7.11 Å². The Kier molecular flexibility index (Phi) is 11.6. The summed E-state index contributed by atoms with van der Waals surface area (Å²) in [6.07, 6.45) is -0.935. The maximum absolute atomic E-state index is 14.1. The summed E-state index contributed by atoms with van der Waals surface area (Å²) < 4.78 is 9.89. The van der Waals surface area contributed by atoms with Crippen LogP contribution in [0.4, 0.5) is 4.79 Å². The third kappa shape index (κ3) is 9.56. The summed E-state index contributed by atoms with van der Waals surface area (Å²) in [5.74, 6) is -3.15. The third-order valence-corrected chi connectivity index (χ3v) is 5.80. The molecule has 212 valence electrons. The van der Waals surface area contributed by atoms with Crippen LogP contribution in [-0.2, 0) is 28.7 Å². The minimum atomic E-state index is -1.42. The molecule has 0 aliphatic heterocycles. The van der Waals surface area contributed by atoms with E-state index < -0.39 is 59.6 Å². The second-order valence-corrected chi connectivity index (χ2v) is 10.3. The van der Waals surface area contributed by atoms with E-state index in [1.54, 1.807) is 53.7 Å². The minimum absolute atomic E-state index is 0.0932. The summed E-state index contributed by atoms with van der Waals surface area (Å²) in [6.45, 7) is 9.70. The first-order valence-electron chi connectivity index (χ1n) is 12.3. The van der Waals surface area contributed by atoms with Crippen LogP contribution in [0, 0.1) is 0 Å². The summed E-state index contributed by atoms with van der Waals surface area (Å²) in [4.78, 5) is 64.8. The zero-order valence-electron chi connectivity index (χ0n) is 23.1. The average Bonchev–Trinajstić information content (AvgIpc) is 2.82. The van der Waals surface area contributed by atoms with Gasteiger partial charge in [-0.1, -0.05) is 25.1 Å². The molecule has 4 amide bonds. The molecule has 0 spiro atoms. The number of para-hydroxylation sites is 1. The number of carbonyl (C=O) groups excluding carboxylic acids is 5. The second kappa shape index (κ2) is 13.6. The molecule has 1 rings (SSSR count). The molecule has 2 unspecified atom stereocenters. The smallest absolute Gasteiger partial charge is 0.408 e. The van der Waals surface area contributed by atoms with Crippen LogP contribution in [0.15, 0.2) is 24.3 Å². The third-order valence-electron chi connectivity index (χ3n) is 5.80. The number of carbonyl (C=O) groups is 5. The van der Waals surface area contributed by atoms with Crippen molar-refractivity contribution in [2.24, 2.45) is 5.73 Å². The Hall–Kier alpha value is -3.83. The van der Waals surface area contributed by atoms with Crippen LogP contribution in [-0.4, -0.2) is 70.6 Å². The zero-order valence-corrected chi connectivity index (χ0v) is 23.1. The van der Waals surface area contributed by atoms with Gasteiger partial charge >= 0.3 is 12.1 Å². The standard InChI is InChI=1S/C26H40N4O8/c1-8-26(5,6)30(23(35)17(13-14-19(27)32)29-24(36)38-25(2,3)4)21(16-11-9-10-12-18(16)31)22(34)28-15-20(33)37-7/h9-12,17,21,31H,8,13-15H2,1-7H3,(H2,27,32)(H,28,34)(H,29,36). The number of rotatable bonds is 12. The van der Waals surface area contributed by atoms with Gasteiger partial charge in [0.15, 0.2) is 0 Å². The molecular formula is C26H40N4O8. The molecule has 0 saturated carbocycles. The van der Waals surface area contributed by atoms with E-state index in [4.69, 9.17) is 10.5 Å². The van der Waals surface area contributed by atoms with E-state index in [0.717, 1.165) is 7.11 Å². The lowest BCUT2D eigenvalue weighted by atomic mass is 9.91. The summed E-state index contributed by atoms with van der Waals surface area (Å²) in [5, 5.41) is 15.6. The Morgan fingerprint density at radius 2 is 1.68 bits per heavy atom. The number of phenolic OH excluding ortho intramolecular Hbond substituents is 1. The van der Waals surface area contributed by atoms with Gasteiger partial charge in [-0.2, -0.15) is 0 Å². The zero-order chi connectivity index (χ0) is 29.3. The normalized spacial score (nSPS) is 13.0. The van der Waals surface area contributed by atoms with Gasteiger partial charge in [0.1, 0.15) is 30.0 Å². The van der Waals surface area contributed by atoms with Gasteiger partial charge in [-0.3, -0.25) is 19.2 Å². The molecule has 0 fully saturated rings. The van der Waals surface area contributed by atoms with Gasteiger partial charge in [0.2, 0.25) is 17.7 Å². The molecule has 5 N–H and O–H groups in total. The van der Waals surface area contributed by atoms with E-state index in [9.17, 15) is 29.1 Å². The number of primary amides is 1. The van der Waals surface area contributed by atoms with E-state index in [2.05, 4.69) is 15.4 Å². The number of ether oxygens (including phenoxy) is 2. The largest absolute Gasteiger partial charge is 0.508 e. The van der Waals surface area contributed by atoms with Crippen LogP contribution in [0.5, 0.6) is 5.75 Å². The molecule has 0 saturated heterocycles. The quantitative estimate of drug-likeness (QED) is 0.293. The highest BCUT2D eigenvalue weighted by atomic mass is 16.6. The SMILES string of the molecule is CCC(C)(C)N(C(=O)C(CCC(N)=O)NC(=O)OC(C)(C)C)C(C(=O)NCC(=O)OC)c1ccccc1O. The van der Waals surface area contributed by atoms with Crippen molar-refractivity contribution in [3.05, 3.63) is 29.8 Å². The molecule has 12 nitrogen and oxygen atoms in total. The fraction of sp³-hybridized carbons (Fsp3) is 0.577. The fourth-order valence-electron chi connectivity index (χ4n) is 3.55. The van der Waals surface area contributed by atoms with Crippen molar-refractivity contribution < 1.29 is 38.6 Å².